The summed E-state index contributed by atoms with van der Waals surface area (Å²) in [5.41, 5.74) is 2.70. The van der Waals surface area contributed by atoms with Crippen molar-refractivity contribution >= 4 is 29.2 Å². The molecule has 0 heterocycles. The van der Waals surface area contributed by atoms with Gasteiger partial charge in [0.2, 0.25) is 0 Å². The molecule has 0 N–H and O–H groups in total. The molecule has 3 heteroatoms. The Hall–Kier alpha value is -0.280. The standard InChI is InChI=1S/C13H21NS2/c1-5-15-13(16-6-2)11-7-9-12(10-8-11)14(3)4/h7-10,13H,5-6H2,1-4H3. The van der Waals surface area contributed by atoms with E-state index >= 15 is 0 Å². The van der Waals surface area contributed by atoms with Gasteiger partial charge in [-0.25, -0.2) is 0 Å². The van der Waals surface area contributed by atoms with E-state index in [1.54, 1.807) is 0 Å². The summed E-state index contributed by atoms with van der Waals surface area (Å²) in [5.74, 6) is 2.35. The second kappa shape index (κ2) is 7.13. The fourth-order valence-electron chi connectivity index (χ4n) is 1.47. The maximum Gasteiger partial charge on any atom is 0.0751 e. The summed E-state index contributed by atoms with van der Waals surface area (Å²) in [6.45, 7) is 4.45. The Morgan fingerprint density at radius 1 is 1.00 bits per heavy atom. The first-order valence-electron chi connectivity index (χ1n) is 5.69. The molecule has 0 spiro atoms. The predicted molar refractivity (Wildman–Crippen MR) is 79.8 cm³/mol. The van der Waals surface area contributed by atoms with Crippen LogP contribution in [-0.2, 0) is 0 Å². The largest absolute Gasteiger partial charge is 0.378 e. The van der Waals surface area contributed by atoms with Gasteiger partial charge in [-0.05, 0) is 29.2 Å². The lowest BCUT2D eigenvalue weighted by Gasteiger charge is -2.17. The van der Waals surface area contributed by atoms with Crippen LogP contribution >= 0.6 is 23.5 Å². The van der Waals surface area contributed by atoms with Gasteiger partial charge in [-0.3, -0.25) is 0 Å². The van der Waals surface area contributed by atoms with Crippen LogP contribution in [0.5, 0.6) is 0 Å². The molecule has 1 nitrogen and oxygen atoms in total. The van der Waals surface area contributed by atoms with E-state index in [1.807, 2.05) is 23.5 Å². The van der Waals surface area contributed by atoms with Gasteiger partial charge in [0.25, 0.3) is 0 Å². The number of thioether (sulfide) groups is 2. The topological polar surface area (TPSA) is 3.24 Å². The highest BCUT2D eigenvalue weighted by Gasteiger charge is 2.10. The molecular weight excluding hydrogens is 234 g/mol. The zero-order valence-corrected chi connectivity index (χ0v) is 12.2. The lowest BCUT2D eigenvalue weighted by Crippen LogP contribution is -2.08. The van der Waals surface area contributed by atoms with Gasteiger partial charge in [0.05, 0.1) is 4.58 Å². The van der Waals surface area contributed by atoms with E-state index in [0.717, 1.165) is 0 Å². The van der Waals surface area contributed by atoms with Crippen molar-refractivity contribution in [1.29, 1.82) is 0 Å². The van der Waals surface area contributed by atoms with Crippen molar-refractivity contribution in [2.24, 2.45) is 0 Å². The van der Waals surface area contributed by atoms with Crippen LogP contribution < -0.4 is 4.90 Å². The molecule has 0 aliphatic rings. The highest BCUT2D eigenvalue weighted by atomic mass is 32.2. The number of rotatable bonds is 6. The third kappa shape index (κ3) is 3.95. The molecular formula is C13H21NS2. The molecule has 0 aliphatic carbocycles. The summed E-state index contributed by atoms with van der Waals surface area (Å²) < 4.78 is 0.589. The average Bonchev–Trinajstić information content (AvgIpc) is 2.29. The van der Waals surface area contributed by atoms with E-state index in [9.17, 15) is 0 Å². The van der Waals surface area contributed by atoms with Crippen molar-refractivity contribution < 1.29 is 0 Å². The second-order valence-corrected chi connectivity index (χ2v) is 6.79. The molecule has 1 aromatic carbocycles. The van der Waals surface area contributed by atoms with Crippen LogP contribution in [-0.4, -0.2) is 25.6 Å². The van der Waals surface area contributed by atoms with Crippen LogP contribution in [0.15, 0.2) is 24.3 Å². The van der Waals surface area contributed by atoms with Gasteiger partial charge in [0, 0.05) is 19.8 Å². The lowest BCUT2D eigenvalue weighted by molar-refractivity contribution is 1.13. The number of hydrogen-bond donors (Lipinski definition) is 0. The third-order valence-corrected chi connectivity index (χ3v) is 4.95. The quantitative estimate of drug-likeness (QED) is 0.699. The average molecular weight is 255 g/mol. The van der Waals surface area contributed by atoms with Crippen LogP contribution in [0.1, 0.15) is 24.0 Å². The Bertz CT molecular complexity index is 289. The van der Waals surface area contributed by atoms with E-state index in [-0.39, 0.29) is 0 Å². The first-order chi connectivity index (χ1) is 7.69. The zero-order valence-electron chi connectivity index (χ0n) is 10.6. The van der Waals surface area contributed by atoms with Gasteiger partial charge < -0.3 is 4.90 Å². The number of anilines is 1. The molecule has 0 saturated carbocycles. The molecule has 90 valence electrons. The maximum absolute atomic E-state index is 2.26. The normalized spacial score (nSPS) is 10.8. The van der Waals surface area contributed by atoms with Gasteiger partial charge >= 0.3 is 0 Å². The molecule has 0 aromatic heterocycles. The molecule has 16 heavy (non-hydrogen) atoms. The maximum atomic E-state index is 2.26. The van der Waals surface area contributed by atoms with E-state index in [4.69, 9.17) is 0 Å². The summed E-state index contributed by atoms with van der Waals surface area (Å²) in [5, 5.41) is 0. The minimum atomic E-state index is 0.589. The molecule has 0 unspecified atom stereocenters. The summed E-state index contributed by atoms with van der Waals surface area (Å²) in [6, 6.07) is 8.92. The Morgan fingerprint density at radius 2 is 1.50 bits per heavy atom. The summed E-state index contributed by atoms with van der Waals surface area (Å²) >= 11 is 4.04. The van der Waals surface area contributed by atoms with Gasteiger partial charge in [0.15, 0.2) is 0 Å². The molecule has 0 amide bonds. The molecule has 0 aliphatic heterocycles. The fraction of sp³-hybridized carbons (Fsp3) is 0.538. The first kappa shape index (κ1) is 13.8. The fourth-order valence-corrected chi connectivity index (χ4v) is 3.98. The van der Waals surface area contributed by atoms with E-state index < -0.39 is 0 Å². The Balaban J connectivity index is 2.76. The van der Waals surface area contributed by atoms with Crippen molar-refractivity contribution in [3.63, 3.8) is 0 Å². The monoisotopic (exact) mass is 255 g/mol. The van der Waals surface area contributed by atoms with E-state index in [2.05, 4.69) is 57.1 Å². The predicted octanol–water partition coefficient (Wildman–Crippen LogP) is 4.26. The highest BCUT2D eigenvalue weighted by molar-refractivity contribution is 8.16. The van der Waals surface area contributed by atoms with Gasteiger partial charge in [-0.1, -0.05) is 26.0 Å². The van der Waals surface area contributed by atoms with Crippen LogP contribution in [0.2, 0.25) is 0 Å². The SMILES string of the molecule is CCSC(SCC)c1ccc(N(C)C)cc1. The van der Waals surface area contributed by atoms with E-state index in [0.29, 0.717) is 4.58 Å². The zero-order chi connectivity index (χ0) is 12.0. The van der Waals surface area contributed by atoms with Gasteiger partial charge in [-0.15, -0.1) is 23.5 Å². The van der Waals surface area contributed by atoms with Crippen LogP contribution in [0, 0.1) is 0 Å². The van der Waals surface area contributed by atoms with Crippen LogP contribution in [0.4, 0.5) is 5.69 Å². The Kier molecular flexibility index (Phi) is 6.14. The van der Waals surface area contributed by atoms with Gasteiger partial charge in [0.1, 0.15) is 0 Å². The summed E-state index contributed by atoms with van der Waals surface area (Å²) in [7, 11) is 4.15. The molecule has 0 bridgehead atoms. The first-order valence-corrected chi connectivity index (χ1v) is 7.79. The van der Waals surface area contributed by atoms with Crippen LogP contribution in [0.25, 0.3) is 0 Å². The van der Waals surface area contributed by atoms with Crippen molar-refractivity contribution in [3.05, 3.63) is 29.8 Å². The van der Waals surface area contributed by atoms with Crippen molar-refractivity contribution in [3.8, 4) is 0 Å². The van der Waals surface area contributed by atoms with Crippen molar-refractivity contribution in [1.82, 2.24) is 0 Å². The highest BCUT2D eigenvalue weighted by Crippen LogP contribution is 2.39. The minimum absolute atomic E-state index is 0.589. The number of nitrogens with zero attached hydrogens (tertiary/aromatic N) is 1. The number of benzene rings is 1. The lowest BCUT2D eigenvalue weighted by atomic mass is 10.2. The Labute approximate surface area is 108 Å². The molecule has 0 atom stereocenters. The van der Waals surface area contributed by atoms with Crippen LogP contribution in [0.3, 0.4) is 0 Å². The molecule has 0 radical (unpaired) electrons. The summed E-state index contributed by atoms with van der Waals surface area (Å²) in [6.07, 6.45) is 0. The van der Waals surface area contributed by atoms with Crippen molar-refractivity contribution in [2.75, 3.05) is 30.5 Å². The van der Waals surface area contributed by atoms with Crippen molar-refractivity contribution in [2.45, 2.75) is 18.4 Å². The summed E-state index contributed by atoms with van der Waals surface area (Å²) in [4.78, 5) is 2.14. The molecule has 1 rings (SSSR count). The third-order valence-electron chi connectivity index (χ3n) is 2.32. The van der Waals surface area contributed by atoms with Gasteiger partial charge in [-0.2, -0.15) is 0 Å². The molecule has 0 fully saturated rings. The molecule has 1 aromatic rings. The smallest absolute Gasteiger partial charge is 0.0751 e. The molecule has 0 saturated heterocycles. The Morgan fingerprint density at radius 3 is 1.88 bits per heavy atom. The van der Waals surface area contributed by atoms with E-state index in [1.165, 1.54) is 22.8 Å². The second-order valence-electron chi connectivity index (χ2n) is 3.73. The minimum Gasteiger partial charge on any atom is -0.378 e. The number of hydrogen-bond acceptors (Lipinski definition) is 3.